The van der Waals surface area contributed by atoms with Crippen LogP contribution in [0.25, 0.3) is 4.98 Å². The van der Waals surface area contributed by atoms with Crippen molar-refractivity contribution in [1.29, 1.82) is 5.39 Å². The van der Waals surface area contributed by atoms with Crippen molar-refractivity contribution in [2.45, 2.75) is 38.3 Å². The van der Waals surface area contributed by atoms with Crippen molar-refractivity contribution in [3.63, 3.8) is 0 Å². The fourth-order valence-corrected chi connectivity index (χ4v) is 2.61. The summed E-state index contributed by atoms with van der Waals surface area (Å²) in [6.45, 7) is 4.96. The number of aliphatic hydroxyl groups excluding tert-OH is 1. The molecule has 0 radical (unpaired) electrons. The molecule has 0 unspecified atom stereocenters. The molecule has 0 spiro atoms. The molecule has 0 aliphatic carbocycles. The number of fused-ring (bicyclic) bond motifs is 1. The van der Waals surface area contributed by atoms with E-state index in [0.29, 0.717) is 24.5 Å². The van der Waals surface area contributed by atoms with E-state index in [1.165, 1.54) is 0 Å². The number of rotatable bonds is 3. The number of nitrogens with zero attached hydrogens (tertiary/aromatic N) is 3. The third-order valence-electron chi connectivity index (χ3n) is 2.98. The predicted molar refractivity (Wildman–Crippen MR) is 68.4 cm³/mol. The van der Waals surface area contributed by atoms with Crippen LogP contribution in [-0.2, 0) is 9.47 Å². The molecule has 2 heterocycles. The van der Waals surface area contributed by atoms with E-state index in [0.717, 1.165) is 6.20 Å². The highest BCUT2D eigenvalue weighted by molar-refractivity contribution is 7.80. The lowest BCUT2D eigenvalue weighted by atomic mass is 10.3. The summed E-state index contributed by atoms with van der Waals surface area (Å²) >= 11 is 5.34. The number of aliphatic hydroxyl groups is 1. The molecular weight excluding hydrogens is 254 g/mol. The zero-order chi connectivity index (χ0) is 13.3. The van der Waals surface area contributed by atoms with Gasteiger partial charge in [0.15, 0.2) is 16.5 Å². The van der Waals surface area contributed by atoms with Gasteiger partial charge in [0.05, 0.1) is 0 Å². The van der Waals surface area contributed by atoms with Crippen LogP contribution in [0.4, 0.5) is 0 Å². The summed E-state index contributed by atoms with van der Waals surface area (Å²) in [6.07, 6.45) is 1.16. The first-order valence-electron chi connectivity index (χ1n) is 5.79. The number of thiocarbonyl (C=S) groups is 1. The summed E-state index contributed by atoms with van der Waals surface area (Å²) in [5.74, 6) is -0.567. The highest BCUT2D eigenvalue weighted by atomic mass is 32.1. The second-order valence-electron chi connectivity index (χ2n) is 4.86. The Morgan fingerprint density at radius 2 is 2.39 bits per heavy atom. The summed E-state index contributed by atoms with van der Waals surface area (Å²) < 4.78 is 11.5. The van der Waals surface area contributed by atoms with Crippen LogP contribution in [0.2, 0.25) is 0 Å². The molecule has 2 saturated heterocycles. The lowest BCUT2D eigenvalue weighted by Crippen LogP contribution is -2.33. The van der Waals surface area contributed by atoms with Gasteiger partial charge < -0.3 is 19.5 Å². The van der Waals surface area contributed by atoms with Crippen molar-refractivity contribution in [3.8, 4) is 0 Å². The Morgan fingerprint density at radius 3 is 3.00 bits per heavy atom. The van der Waals surface area contributed by atoms with Crippen molar-refractivity contribution in [2.24, 2.45) is 0 Å². The minimum atomic E-state index is -0.580. The quantitative estimate of drug-likeness (QED) is 0.479. The zero-order valence-corrected chi connectivity index (χ0v) is 11.2. The molecule has 2 atom stereocenters. The monoisotopic (exact) mass is 270 g/mol. The zero-order valence-electron chi connectivity index (χ0n) is 10.4. The van der Waals surface area contributed by atoms with E-state index < -0.39 is 5.79 Å². The van der Waals surface area contributed by atoms with Gasteiger partial charge in [-0.05, 0) is 13.8 Å². The molecule has 0 bridgehead atoms. The van der Waals surface area contributed by atoms with Crippen LogP contribution in [0.5, 0.6) is 0 Å². The Balaban J connectivity index is 1.91. The predicted octanol–water partition coefficient (Wildman–Crippen LogP) is 1.79. The molecule has 0 aromatic heterocycles. The number of likely N-dealkylation sites (tertiary alicyclic amines) is 1. The number of hydrogen-bond donors (Lipinski definition) is 1. The molecule has 0 aromatic rings. The molecular formula is C11H16N3O3S+. The van der Waals surface area contributed by atoms with Crippen LogP contribution in [0.3, 0.4) is 0 Å². The van der Waals surface area contributed by atoms with Gasteiger partial charge in [0.25, 0.3) is 0 Å². The Kier molecular flexibility index (Phi) is 3.52. The molecule has 6 nitrogen and oxygen atoms in total. The van der Waals surface area contributed by atoms with E-state index in [-0.39, 0.29) is 18.0 Å². The highest BCUT2D eigenvalue weighted by Crippen LogP contribution is 2.34. The van der Waals surface area contributed by atoms with Gasteiger partial charge in [0.2, 0.25) is 5.39 Å². The van der Waals surface area contributed by atoms with Crippen LogP contribution < -0.4 is 0 Å². The third-order valence-corrected chi connectivity index (χ3v) is 3.47. The van der Waals surface area contributed by atoms with Crippen molar-refractivity contribution in [2.75, 3.05) is 13.1 Å². The standard InChI is InChI=1S/C11H15N3O3S/c1-11(2)16-8-6-14(10(18)9(8)17-11)4-3-7(15)5-13-12/h5,8-9H,3-4,6H2,1-2H3/p+1/b7-5+/t8-,9-/m1/s1. The van der Waals surface area contributed by atoms with Crippen LogP contribution in [0, 0.1) is 5.39 Å². The van der Waals surface area contributed by atoms with E-state index in [9.17, 15) is 5.11 Å². The van der Waals surface area contributed by atoms with Gasteiger partial charge in [-0.15, -0.1) is 0 Å². The van der Waals surface area contributed by atoms with Crippen molar-refractivity contribution in [1.82, 2.24) is 4.90 Å². The summed E-state index contributed by atoms with van der Waals surface area (Å²) in [5, 5.41) is 17.6. The van der Waals surface area contributed by atoms with Crippen molar-refractivity contribution < 1.29 is 14.6 Å². The molecule has 0 amide bonds. The maximum atomic E-state index is 9.36. The minimum absolute atomic E-state index is 0.0135. The van der Waals surface area contributed by atoms with Gasteiger partial charge in [0.1, 0.15) is 17.2 Å². The first-order valence-corrected chi connectivity index (χ1v) is 6.20. The van der Waals surface area contributed by atoms with Crippen LogP contribution in [0.1, 0.15) is 20.3 Å². The minimum Gasteiger partial charge on any atom is -0.505 e. The van der Waals surface area contributed by atoms with Crippen LogP contribution in [-0.4, -0.2) is 46.1 Å². The average molecular weight is 270 g/mol. The molecule has 2 fully saturated rings. The van der Waals surface area contributed by atoms with E-state index in [1.807, 2.05) is 18.7 Å². The topological polar surface area (TPSA) is 70.1 Å². The van der Waals surface area contributed by atoms with Gasteiger partial charge in [-0.1, -0.05) is 12.2 Å². The fourth-order valence-electron chi connectivity index (χ4n) is 2.25. The van der Waals surface area contributed by atoms with Crippen LogP contribution >= 0.6 is 12.2 Å². The van der Waals surface area contributed by atoms with E-state index in [4.69, 9.17) is 27.1 Å². The number of diazo groups is 1. The van der Waals surface area contributed by atoms with Gasteiger partial charge >= 0.3 is 6.20 Å². The van der Waals surface area contributed by atoms with E-state index in [1.54, 1.807) is 0 Å². The second-order valence-corrected chi connectivity index (χ2v) is 5.28. The SMILES string of the molecule is CC1(C)O[C@@H]2CN(CC/C(O)=C\[N+]#N)C(=S)[C@@H]2O1. The number of hydrogen-bond acceptors (Lipinski definition) is 5. The Morgan fingerprint density at radius 1 is 1.67 bits per heavy atom. The summed E-state index contributed by atoms with van der Waals surface area (Å²) in [4.78, 5) is 5.42. The average Bonchev–Trinajstić information content (AvgIpc) is 2.71. The van der Waals surface area contributed by atoms with Crippen molar-refractivity contribution >= 4 is 17.2 Å². The normalized spacial score (nSPS) is 30.4. The largest absolute Gasteiger partial charge is 0.505 e. The smallest absolute Gasteiger partial charge is 0.387 e. The van der Waals surface area contributed by atoms with E-state index >= 15 is 0 Å². The second kappa shape index (κ2) is 4.80. The lowest BCUT2D eigenvalue weighted by molar-refractivity contribution is -0.145. The van der Waals surface area contributed by atoms with Gasteiger partial charge in [-0.2, -0.15) is 0 Å². The third kappa shape index (κ3) is 2.61. The first-order chi connectivity index (χ1) is 8.43. The molecule has 0 aromatic carbocycles. The molecule has 18 heavy (non-hydrogen) atoms. The molecule has 98 valence electrons. The van der Waals surface area contributed by atoms with Gasteiger partial charge in [-0.3, -0.25) is 0 Å². The summed E-state index contributed by atoms with van der Waals surface area (Å²) in [7, 11) is 0. The fraction of sp³-hybridized carbons (Fsp3) is 0.727. The van der Waals surface area contributed by atoms with Crippen LogP contribution in [0.15, 0.2) is 12.0 Å². The van der Waals surface area contributed by atoms with Crippen molar-refractivity contribution in [3.05, 3.63) is 16.9 Å². The molecule has 1 N–H and O–H groups in total. The summed E-state index contributed by atoms with van der Waals surface area (Å²) in [5.41, 5.74) is 0. The number of ether oxygens (including phenoxy) is 2. The molecule has 0 saturated carbocycles. The Bertz CT molecular complexity index is 430. The molecule has 7 heteroatoms. The maximum absolute atomic E-state index is 9.36. The molecule has 2 aliphatic heterocycles. The Labute approximate surface area is 111 Å². The molecule has 2 aliphatic rings. The van der Waals surface area contributed by atoms with E-state index in [2.05, 4.69) is 4.98 Å². The first kappa shape index (κ1) is 13.2. The lowest BCUT2D eigenvalue weighted by Gasteiger charge is -2.24. The van der Waals surface area contributed by atoms with Gasteiger partial charge in [-0.25, -0.2) is 0 Å². The highest BCUT2D eigenvalue weighted by Gasteiger charge is 2.49. The Hall–Kier alpha value is -1.23. The summed E-state index contributed by atoms with van der Waals surface area (Å²) in [6, 6.07) is 0. The van der Waals surface area contributed by atoms with Gasteiger partial charge in [0, 0.05) is 19.5 Å². The molecule has 2 rings (SSSR count). The maximum Gasteiger partial charge on any atom is 0.387 e.